The Kier molecular flexibility index (Phi) is 5.00. The summed E-state index contributed by atoms with van der Waals surface area (Å²) < 4.78 is 0.728. The van der Waals surface area contributed by atoms with Gasteiger partial charge in [0.25, 0.3) is 0 Å². The number of aliphatic hydroxyl groups excluding tert-OH is 1. The number of β-amino-alcohol motifs (C(OH)–C–C–N with tert-alkyl or cyclic N) is 1. The minimum absolute atomic E-state index is 0.110. The van der Waals surface area contributed by atoms with Gasteiger partial charge in [0.1, 0.15) is 10.4 Å². The summed E-state index contributed by atoms with van der Waals surface area (Å²) in [6, 6.07) is -0.369. The molecule has 1 saturated heterocycles. The fraction of sp³-hybridized carbons (Fsp3) is 0.615. The van der Waals surface area contributed by atoms with Gasteiger partial charge in [-0.05, 0) is 28.8 Å². The average Bonchev–Trinajstić information content (AvgIpc) is 2.82. The highest BCUT2D eigenvalue weighted by Crippen LogP contribution is 2.22. The van der Waals surface area contributed by atoms with E-state index in [2.05, 4.69) is 31.2 Å². The Morgan fingerprint density at radius 3 is 2.52 bits per heavy atom. The van der Waals surface area contributed by atoms with Gasteiger partial charge in [0.15, 0.2) is 0 Å². The highest BCUT2D eigenvalue weighted by atomic mass is 79.9. The number of aromatic nitrogens is 2. The Balaban J connectivity index is 2.21. The highest BCUT2D eigenvalue weighted by molar-refractivity contribution is 9.10. The van der Waals surface area contributed by atoms with Crippen LogP contribution in [0.5, 0.6) is 0 Å². The van der Waals surface area contributed by atoms with E-state index in [0.29, 0.717) is 12.2 Å². The number of aliphatic hydroxyl groups is 1. The monoisotopic (exact) mass is 358 g/mol. The second kappa shape index (κ2) is 6.57. The maximum absolute atomic E-state index is 11.0. The molecular formula is C13H19BrN4O3. The lowest BCUT2D eigenvalue weighted by Gasteiger charge is -2.19. The Labute approximate surface area is 131 Å². The van der Waals surface area contributed by atoms with Crippen molar-refractivity contribution in [3.05, 3.63) is 16.0 Å². The van der Waals surface area contributed by atoms with Gasteiger partial charge in [0, 0.05) is 6.54 Å². The normalized spacial score (nSPS) is 21.6. The molecule has 0 radical (unpaired) electrons. The van der Waals surface area contributed by atoms with Gasteiger partial charge in [-0.1, -0.05) is 13.8 Å². The molecule has 1 amide bonds. The first-order chi connectivity index (χ1) is 9.96. The maximum atomic E-state index is 11.0. The van der Waals surface area contributed by atoms with E-state index in [-0.39, 0.29) is 19.1 Å². The summed E-state index contributed by atoms with van der Waals surface area (Å²) in [6.07, 6.45) is -0.337. The summed E-state index contributed by atoms with van der Waals surface area (Å²) >= 11 is 3.40. The fourth-order valence-electron chi connectivity index (χ4n) is 2.33. The number of carboxylic acid groups (broad SMARTS) is 1. The van der Waals surface area contributed by atoms with E-state index in [9.17, 15) is 9.90 Å². The number of hydrogen-bond donors (Lipinski definition) is 3. The molecule has 1 aromatic heterocycles. The van der Waals surface area contributed by atoms with Gasteiger partial charge in [0.05, 0.1) is 30.1 Å². The first kappa shape index (κ1) is 16.0. The van der Waals surface area contributed by atoms with Gasteiger partial charge >= 0.3 is 6.09 Å². The first-order valence-electron chi connectivity index (χ1n) is 6.94. The van der Waals surface area contributed by atoms with Crippen LogP contribution in [0.15, 0.2) is 4.60 Å². The summed E-state index contributed by atoms with van der Waals surface area (Å²) in [5.41, 5.74) is 1.62. The van der Waals surface area contributed by atoms with Crippen LogP contribution in [0.1, 0.15) is 25.2 Å². The third-order valence-electron chi connectivity index (χ3n) is 3.54. The second-order valence-electron chi connectivity index (χ2n) is 4.97. The van der Waals surface area contributed by atoms with E-state index >= 15 is 0 Å². The zero-order chi connectivity index (χ0) is 15.6. The van der Waals surface area contributed by atoms with E-state index in [1.807, 2.05) is 13.8 Å². The molecule has 0 unspecified atom stereocenters. The zero-order valence-corrected chi connectivity index (χ0v) is 13.6. The quantitative estimate of drug-likeness (QED) is 0.754. The van der Waals surface area contributed by atoms with Crippen LogP contribution in [-0.4, -0.2) is 56.4 Å². The molecule has 21 heavy (non-hydrogen) atoms. The predicted molar refractivity (Wildman–Crippen MR) is 81.5 cm³/mol. The number of nitrogens with one attached hydrogen (secondary N) is 1. The summed E-state index contributed by atoms with van der Waals surface area (Å²) in [5, 5.41) is 22.1. The van der Waals surface area contributed by atoms with E-state index in [4.69, 9.17) is 5.11 Å². The summed E-state index contributed by atoms with van der Waals surface area (Å²) in [4.78, 5) is 21.2. The van der Waals surface area contributed by atoms with Crippen molar-refractivity contribution < 1.29 is 15.0 Å². The van der Waals surface area contributed by atoms with E-state index < -0.39 is 12.2 Å². The van der Waals surface area contributed by atoms with Crippen LogP contribution in [0.2, 0.25) is 0 Å². The molecule has 1 aliphatic rings. The Hall–Kier alpha value is -1.41. The minimum Gasteiger partial charge on any atom is -0.465 e. The Morgan fingerprint density at radius 2 is 2.00 bits per heavy atom. The van der Waals surface area contributed by atoms with Gasteiger partial charge in [0.2, 0.25) is 0 Å². The van der Waals surface area contributed by atoms with E-state index in [1.165, 1.54) is 4.90 Å². The molecular weight excluding hydrogens is 340 g/mol. The van der Waals surface area contributed by atoms with Gasteiger partial charge in [-0.2, -0.15) is 0 Å². The van der Waals surface area contributed by atoms with Gasteiger partial charge in [-0.25, -0.2) is 14.8 Å². The van der Waals surface area contributed by atoms with Crippen molar-refractivity contribution >= 4 is 27.8 Å². The number of halogens is 1. The lowest BCUT2D eigenvalue weighted by atomic mass is 10.2. The first-order valence-corrected chi connectivity index (χ1v) is 7.73. The largest absolute Gasteiger partial charge is 0.465 e. The average molecular weight is 359 g/mol. The number of likely N-dealkylation sites (tertiary alicyclic amines) is 1. The fourth-order valence-corrected chi connectivity index (χ4v) is 2.91. The molecule has 2 heterocycles. The van der Waals surface area contributed by atoms with Gasteiger partial charge in [-0.15, -0.1) is 0 Å². The minimum atomic E-state index is -1.02. The van der Waals surface area contributed by atoms with Crippen molar-refractivity contribution in [2.24, 2.45) is 0 Å². The van der Waals surface area contributed by atoms with Crippen molar-refractivity contribution in [2.75, 3.05) is 18.4 Å². The van der Waals surface area contributed by atoms with Gasteiger partial charge < -0.3 is 20.4 Å². The second-order valence-corrected chi connectivity index (χ2v) is 5.72. The molecule has 0 bridgehead atoms. The Bertz CT molecular complexity index is 540. The summed E-state index contributed by atoms with van der Waals surface area (Å²) in [5.74, 6) is 0.619. The standard InChI is InChI=1S/C13H19BrN4O3/c1-3-7-11(14)15-8(4-2)12(16-7)17-9-5-18(13(20)21)6-10(9)19/h9-10,19H,3-6H2,1-2H3,(H,16,17)(H,20,21)/t9-,10-/m0/s1. The summed E-state index contributed by atoms with van der Waals surface area (Å²) in [7, 11) is 0. The van der Waals surface area contributed by atoms with Crippen LogP contribution in [0, 0.1) is 0 Å². The molecule has 0 spiro atoms. The van der Waals surface area contributed by atoms with Crippen LogP contribution < -0.4 is 5.32 Å². The lowest BCUT2D eigenvalue weighted by molar-refractivity contribution is 0.139. The molecule has 0 aromatic carbocycles. The Morgan fingerprint density at radius 1 is 1.33 bits per heavy atom. The molecule has 1 fully saturated rings. The summed E-state index contributed by atoms with van der Waals surface area (Å²) in [6.45, 7) is 4.31. The van der Waals surface area contributed by atoms with Crippen LogP contribution in [0.25, 0.3) is 0 Å². The van der Waals surface area contributed by atoms with E-state index in [0.717, 1.165) is 22.4 Å². The molecule has 2 rings (SSSR count). The molecule has 7 nitrogen and oxygen atoms in total. The number of anilines is 1. The molecule has 1 aliphatic heterocycles. The van der Waals surface area contributed by atoms with Crippen molar-refractivity contribution in [1.82, 2.24) is 14.9 Å². The SMILES string of the molecule is CCc1nc(N[C@H]2CN(C(=O)O)C[C@@H]2O)c(CC)nc1Br. The topological polar surface area (TPSA) is 98.6 Å². The lowest BCUT2D eigenvalue weighted by Crippen LogP contribution is -2.33. The predicted octanol–water partition coefficient (Wildman–Crippen LogP) is 1.50. The number of carbonyl (C=O) groups is 1. The van der Waals surface area contributed by atoms with Crippen molar-refractivity contribution in [3.8, 4) is 0 Å². The van der Waals surface area contributed by atoms with Crippen molar-refractivity contribution in [1.29, 1.82) is 0 Å². The number of aryl methyl sites for hydroxylation is 2. The van der Waals surface area contributed by atoms with Crippen LogP contribution in [0.3, 0.4) is 0 Å². The molecule has 3 N–H and O–H groups in total. The molecule has 1 aromatic rings. The third kappa shape index (κ3) is 3.44. The molecule has 116 valence electrons. The number of rotatable bonds is 4. The molecule has 0 aliphatic carbocycles. The van der Waals surface area contributed by atoms with E-state index in [1.54, 1.807) is 0 Å². The molecule has 0 saturated carbocycles. The van der Waals surface area contributed by atoms with Crippen LogP contribution >= 0.6 is 15.9 Å². The van der Waals surface area contributed by atoms with Crippen molar-refractivity contribution in [3.63, 3.8) is 0 Å². The maximum Gasteiger partial charge on any atom is 0.407 e. The number of amides is 1. The van der Waals surface area contributed by atoms with Crippen molar-refractivity contribution in [2.45, 2.75) is 38.8 Å². The zero-order valence-electron chi connectivity index (χ0n) is 12.0. The smallest absolute Gasteiger partial charge is 0.407 e. The van der Waals surface area contributed by atoms with Crippen LogP contribution in [-0.2, 0) is 12.8 Å². The molecule has 2 atom stereocenters. The van der Waals surface area contributed by atoms with Gasteiger partial charge in [-0.3, -0.25) is 0 Å². The third-order valence-corrected chi connectivity index (χ3v) is 4.18. The van der Waals surface area contributed by atoms with Crippen LogP contribution in [0.4, 0.5) is 10.6 Å². The highest BCUT2D eigenvalue weighted by Gasteiger charge is 2.34. The molecule has 8 heteroatoms. The number of nitrogens with zero attached hydrogens (tertiary/aromatic N) is 3. The number of hydrogen-bond acceptors (Lipinski definition) is 5.